The quantitative estimate of drug-likeness (QED) is 0.201. The smallest absolute Gasteiger partial charge is 0.246 e. The van der Waals surface area contributed by atoms with Gasteiger partial charge in [-0.1, -0.05) is 12.1 Å². The van der Waals surface area contributed by atoms with Gasteiger partial charge >= 0.3 is 0 Å². The molecule has 0 fully saturated rings. The Hall–Kier alpha value is -4.86. The van der Waals surface area contributed by atoms with Gasteiger partial charge in [0.05, 0.1) is 17.9 Å². The summed E-state index contributed by atoms with van der Waals surface area (Å²) < 4.78 is 0. The van der Waals surface area contributed by atoms with Crippen molar-refractivity contribution in [3.8, 4) is 23.0 Å². The Labute approximate surface area is 181 Å². The number of hydrogen-bond acceptors (Lipinski definition) is 10. The normalized spacial score (nSPS) is 11.4. The van der Waals surface area contributed by atoms with Gasteiger partial charge in [0, 0.05) is 28.6 Å². The van der Waals surface area contributed by atoms with Crippen LogP contribution in [0.15, 0.2) is 70.9 Å². The van der Waals surface area contributed by atoms with Crippen LogP contribution >= 0.6 is 0 Å². The van der Waals surface area contributed by atoms with Crippen molar-refractivity contribution in [2.75, 3.05) is 10.9 Å². The number of nitrogens with zero attached hydrogens (tertiary/aromatic N) is 4. The number of nitrogens with one attached hydrogen (secondary N) is 2. The molecule has 4 rings (SSSR count). The Bertz CT molecular complexity index is 1340. The number of fused-ring (bicyclic) bond motifs is 1. The summed E-state index contributed by atoms with van der Waals surface area (Å²) in [5, 5.41) is 47.3. The number of rotatable bonds is 6. The van der Waals surface area contributed by atoms with Crippen molar-refractivity contribution >= 4 is 35.1 Å². The Morgan fingerprint density at radius 3 is 1.91 bits per heavy atom. The molecule has 32 heavy (non-hydrogen) atoms. The zero-order chi connectivity index (χ0) is 22.5. The van der Waals surface area contributed by atoms with E-state index in [0.29, 0.717) is 27.8 Å². The molecular weight excluding hydrogens is 412 g/mol. The number of hydrazone groups is 2. The van der Waals surface area contributed by atoms with E-state index in [-0.39, 0.29) is 28.9 Å². The highest BCUT2D eigenvalue weighted by atomic mass is 16.3. The monoisotopic (exact) mass is 430 g/mol. The van der Waals surface area contributed by atoms with Crippen LogP contribution in [-0.2, 0) is 0 Å². The molecule has 1 aromatic heterocycles. The zero-order valence-electron chi connectivity index (χ0n) is 16.5. The fraction of sp³-hybridized carbons (Fsp3) is 0. The van der Waals surface area contributed by atoms with Crippen molar-refractivity contribution in [2.45, 2.75) is 0 Å². The second-order valence-electron chi connectivity index (χ2n) is 6.64. The summed E-state index contributed by atoms with van der Waals surface area (Å²) in [7, 11) is 0. The summed E-state index contributed by atoms with van der Waals surface area (Å²) in [5.41, 5.74) is 6.97. The SMILES string of the molecule is Oc1ccc(/C=N/Nc2nc(N/N=C/c3ccc(O)cc3O)c3ccccc3n2)c(O)c1. The minimum atomic E-state index is -0.121. The van der Waals surface area contributed by atoms with E-state index in [0.717, 1.165) is 0 Å². The lowest BCUT2D eigenvalue weighted by atomic mass is 10.2. The average molecular weight is 430 g/mol. The number of para-hydroxylation sites is 1. The van der Waals surface area contributed by atoms with E-state index in [4.69, 9.17) is 0 Å². The Balaban J connectivity index is 1.57. The van der Waals surface area contributed by atoms with Crippen LogP contribution in [0.2, 0.25) is 0 Å². The van der Waals surface area contributed by atoms with Crippen LogP contribution in [0.25, 0.3) is 10.9 Å². The second kappa shape index (κ2) is 8.88. The molecule has 3 aromatic carbocycles. The maximum Gasteiger partial charge on any atom is 0.246 e. The van der Waals surface area contributed by atoms with Crippen molar-refractivity contribution in [3.63, 3.8) is 0 Å². The number of phenols is 4. The van der Waals surface area contributed by atoms with Crippen molar-refractivity contribution in [3.05, 3.63) is 71.8 Å². The molecule has 160 valence electrons. The summed E-state index contributed by atoms with van der Waals surface area (Å²) >= 11 is 0. The van der Waals surface area contributed by atoms with Crippen molar-refractivity contribution in [1.82, 2.24) is 9.97 Å². The van der Waals surface area contributed by atoms with Crippen LogP contribution < -0.4 is 10.9 Å². The molecule has 4 aromatic rings. The highest BCUT2D eigenvalue weighted by molar-refractivity contribution is 5.91. The molecule has 0 spiro atoms. The minimum Gasteiger partial charge on any atom is -0.508 e. The first-order valence-electron chi connectivity index (χ1n) is 9.38. The van der Waals surface area contributed by atoms with Crippen molar-refractivity contribution < 1.29 is 20.4 Å². The molecular formula is C22H18N6O4. The van der Waals surface area contributed by atoms with Crippen LogP contribution in [0.1, 0.15) is 11.1 Å². The molecule has 0 saturated heterocycles. The molecule has 0 aliphatic rings. The molecule has 0 aliphatic heterocycles. The van der Waals surface area contributed by atoms with Gasteiger partial charge in [-0.05, 0) is 36.4 Å². The number of aromatic nitrogens is 2. The van der Waals surface area contributed by atoms with Crippen LogP contribution in [0, 0.1) is 0 Å². The van der Waals surface area contributed by atoms with Crippen LogP contribution in [0.5, 0.6) is 23.0 Å². The van der Waals surface area contributed by atoms with Gasteiger partial charge in [-0.25, -0.2) is 10.4 Å². The fourth-order valence-corrected chi connectivity index (χ4v) is 2.82. The molecule has 6 N–H and O–H groups in total. The van der Waals surface area contributed by atoms with E-state index in [1.165, 1.54) is 48.8 Å². The van der Waals surface area contributed by atoms with Crippen LogP contribution in [-0.4, -0.2) is 42.8 Å². The molecule has 0 amide bonds. The van der Waals surface area contributed by atoms with Gasteiger partial charge in [-0.3, -0.25) is 5.43 Å². The third kappa shape index (κ3) is 4.65. The molecule has 1 heterocycles. The zero-order valence-corrected chi connectivity index (χ0v) is 16.5. The predicted molar refractivity (Wildman–Crippen MR) is 122 cm³/mol. The Kier molecular flexibility index (Phi) is 5.66. The fourth-order valence-electron chi connectivity index (χ4n) is 2.82. The van der Waals surface area contributed by atoms with E-state index < -0.39 is 0 Å². The van der Waals surface area contributed by atoms with Crippen LogP contribution in [0.3, 0.4) is 0 Å². The third-order valence-corrected chi connectivity index (χ3v) is 4.37. The van der Waals surface area contributed by atoms with Gasteiger partial charge in [0.2, 0.25) is 5.95 Å². The Morgan fingerprint density at radius 2 is 1.28 bits per heavy atom. The number of aromatic hydroxyl groups is 4. The largest absolute Gasteiger partial charge is 0.508 e. The van der Waals surface area contributed by atoms with Gasteiger partial charge in [0.15, 0.2) is 5.82 Å². The van der Waals surface area contributed by atoms with E-state index in [1.54, 1.807) is 6.07 Å². The molecule has 0 radical (unpaired) electrons. The van der Waals surface area contributed by atoms with Crippen LogP contribution in [0.4, 0.5) is 11.8 Å². The average Bonchev–Trinajstić information content (AvgIpc) is 2.77. The molecule has 0 unspecified atom stereocenters. The highest BCUT2D eigenvalue weighted by Crippen LogP contribution is 2.24. The van der Waals surface area contributed by atoms with Crippen molar-refractivity contribution in [2.24, 2.45) is 10.2 Å². The maximum atomic E-state index is 9.87. The first-order valence-corrected chi connectivity index (χ1v) is 9.38. The molecule has 10 heteroatoms. The summed E-state index contributed by atoms with van der Waals surface area (Å²) in [6.07, 6.45) is 2.76. The number of anilines is 2. The molecule has 0 atom stereocenters. The summed E-state index contributed by atoms with van der Waals surface area (Å²) in [6.45, 7) is 0. The van der Waals surface area contributed by atoms with E-state index in [9.17, 15) is 20.4 Å². The van der Waals surface area contributed by atoms with E-state index in [2.05, 4.69) is 31.0 Å². The summed E-state index contributed by atoms with van der Waals surface area (Å²) in [4.78, 5) is 8.77. The lowest BCUT2D eigenvalue weighted by Crippen LogP contribution is -2.02. The first-order chi connectivity index (χ1) is 15.5. The lowest BCUT2D eigenvalue weighted by Gasteiger charge is -2.07. The molecule has 0 aliphatic carbocycles. The third-order valence-electron chi connectivity index (χ3n) is 4.37. The van der Waals surface area contributed by atoms with Gasteiger partial charge < -0.3 is 20.4 Å². The minimum absolute atomic E-state index is 0.0497. The standard InChI is InChI=1S/C22H18N6O4/c29-15-7-5-13(19(31)9-15)11-23-27-21-17-3-1-2-4-18(17)25-22(26-21)28-24-12-14-6-8-16(30)10-20(14)32/h1-12,29-32H,(H2,25,26,27,28)/b23-11+,24-12+. The number of benzene rings is 3. The van der Waals surface area contributed by atoms with Gasteiger partial charge in [0.1, 0.15) is 23.0 Å². The Morgan fingerprint density at radius 1 is 0.688 bits per heavy atom. The second-order valence-corrected chi connectivity index (χ2v) is 6.64. The summed E-state index contributed by atoms with van der Waals surface area (Å²) in [5.74, 6) is 0.244. The topological polar surface area (TPSA) is 155 Å². The van der Waals surface area contributed by atoms with Gasteiger partial charge in [-0.2, -0.15) is 15.2 Å². The molecule has 10 nitrogen and oxygen atoms in total. The number of phenolic OH excluding ortho intramolecular Hbond substituents is 4. The van der Waals surface area contributed by atoms with E-state index >= 15 is 0 Å². The van der Waals surface area contributed by atoms with Gasteiger partial charge in [0.25, 0.3) is 0 Å². The van der Waals surface area contributed by atoms with E-state index in [1.807, 2.05) is 18.2 Å². The molecule has 0 saturated carbocycles. The van der Waals surface area contributed by atoms with Crippen molar-refractivity contribution in [1.29, 1.82) is 0 Å². The highest BCUT2D eigenvalue weighted by Gasteiger charge is 2.07. The maximum absolute atomic E-state index is 9.87. The first kappa shape index (κ1) is 20.4. The van der Waals surface area contributed by atoms with Gasteiger partial charge in [-0.15, -0.1) is 0 Å². The summed E-state index contributed by atoms with van der Waals surface area (Å²) in [6, 6.07) is 15.6. The predicted octanol–water partition coefficient (Wildman–Crippen LogP) is 3.34. The molecule has 0 bridgehead atoms. The number of hydrogen-bond donors (Lipinski definition) is 6. The lowest BCUT2D eigenvalue weighted by molar-refractivity contribution is 0.449.